The highest BCUT2D eigenvalue weighted by Crippen LogP contribution is 1.97. The Morgan fingerprint density at radius 2 is 2.09 bits per heavy atom. The number of carbonyl (C=O) groups excluding carboxylic acids is 1. The fourth-order valence-electron chi connectivity index (χ4n) is 0.380. The van der Waals surface area contributed by atoms with Crippen LogP contribution in [0, 0.1) is 0 Å². The Morgan fingerprint density at radius 3 is 2.45 bits per heavy atom. The topological polar surface area (TPSA) is 20.3 Å². The van der Waals surface area contributed by atoms with Gasteiger partial charge in [-0.05, 0) is 6.92 Å². The van der Waals surface area contributed by atoms with Crippen LogP contribution in [-0.4, -0.2) is 10.2 Å². The summed E-state index contributed by atoms with van der Waals surface area (Å²) in [6, 6.07) is 0. The number of rotatable bonds is 3. The van der Waals surface area contributed by atoms with E-state index in [-0.39, 0.29) is 5.91 Å². The Morgan fingerprint density at radius 1 is 1.55 bits per heavy atom. The van der Waals surface area contributed by atoms with E-state index in [4.69, 9.17) is 0 Å². The first-order valence-electron chi connectivity index (χ1n) is 3.06. The quantitative estimate of drug-likeness (QED) is 0.389. The second-order valence-corrected chi connectivity index (χ2v) is 2.48. The molecule has 2 nitrogen and oxygen atoms in total. The third-order valence-corrected chi connectivity index (χ3v) is 1.27. The van der Waals surface area contributed by atoms with Gasteiger partial charge in [-0.3, -0.25) is 9.10 Å². The predicted molar refractivity (Wildman–Crippen MR) is 50.0 cm³/mol. The van der Waals surface area contributed by atoms with E-state index in [1.54, 1.807) is 13.0 Å². The molecule has 0 bridgehead atoms. The average molecular weight is 169 g/mol. The van der Waals surface area contributed by atoms with Crippen LogP contribution in [0.25, 0.3) is 0 Å². The second kappa shape index (κ2) is 4.79. The van der Waals surface area contributed by atoms with Crippen LogP contribution in [0.4, 0.5) is 0 Å². The number of hydrogen-bond acceptors (Lipinski definition) is 2. The summed E-state index contributed by atoms with van der Waals surface area (Å²) in [5.41, 5.74) is 0.823. The molecule has 0 radical (unpaired) electrons. The molecular weight excluding hydrogens is 158 g/mol. The summed E-state index contributed by atoms with van der Waals surface area (Å²) in [7, 11) is 0. The number of amides is 1. The van der Waals surface area contributed by atoms with E-state index >= 15 is 0 Å². The molecule has 0 saturated carbocycles. The first-order valence-corrected chi connectivity index (χ1v) is 3.46. The van der Waals surface area contributed by atoms with Crippen molar-refractivity contribution in [3.05, 3.63) is 37.1 Å². The Kier molecular flexibility index (Phi) is 4.38. The van der Waals surface area contributed by atoms with Crippen molar-refractivity contribution < 1.29 is 4.79 Å². The van der Waals surface area contributed by atoms with E-state index in [0.29, 0.717) is 0 Å². The number of carbonyl (C=O) groups is 1. The van der Waals surface area contributed by atoms with Crippen molar-refractivity contribution in [3.63, 3.8) is 0 Å². The van der Waals surface area contributed by atoms with Crippen LogP contribution in [0.1, 0.15) is 6.92 Å². The van der Waals surface area contributed by atoms with Crippen molar-refractivity contribution >= 4 is 18.7 Å². The number of allylic oxidation sites excluding steroid dienone is 2. The molecule has 0 saturated heterocycles. The van der Waals surface area contributed by atoms with Crippen LogP contribution in [0.15, 0.2) is 37.1 Å². The summed E-state index contributed by atoms with van der Waals surface area (Å²) < 4.78 is 1.10. The molecule has 3 heteroatoms. The molecule has 0 aromatic carbocycles. The summed E-state index contributed by atoms with van der Waals surface area (Å²) in [6.07, 6.45) is 4.33. The summed E-state index contributed by atoms with van der Waals surface area (Å²) in [4.78, 5) is 10.9. The van der Waals surface area contributed by atoms with E-state index in [2.05, 4.69) is 26.0 Å². The number of thiol groups is 1. The lowest BCUT2D eigenvalue weighted by molar-refractivity contribution is -0.119. The third kappa shape index (κ3) is 4.44. The van der Waals surface area contributed by atoms with Crippen LogP contribution >= 0.6 is 12.8 Å². The minimum atomic E-state index is -0.230. The van der Waals surface area contributed by atoms with Crippen molar-refractivity contribution in [2.75, 3.05) is 0 Å². The molecule has 0 atom stereocenters. The molecule has 0 unspecified atom stereocenters. The lowest BCUT2D eigenvalue weighted by Crippen LogP contribution is -2.11. The molecule has 0 spiro atoms. The van der Waals surface area contributed by atoms with Crippen LogP contribution in [0.5, 0.6) is 0 Å². The summed E-state index contributed by atoms with van der Waals surface area (Å²) >= 11 is 3.81. The van der Waals surface area contributed by atoms with Gasteiger partial charge in [-0.15, -0.1) is 0 Å². The van der Waals surface area contributed by atoms with Gasteiger partial charge in [-0.25, -0.2) is 0 Å². The smallest absolute Gasteiger partial charge is 0.260 e. The predicted octanol–water partition coefficient (Wildman–Crippen LogP) is 1.94. The minimum absolute atomic E-state index is 0.230. The fourth-order valence-corrected chi connectivity index (χ4v) is 0.447. The normalized spacial score (nSPS) is 9.64. The Balaban J connectivity index is 4.06. The Hall–Kier alpha value is -0.960. The highest BCUT2D eigenvalue weighted by atomic mass is 32.1. The van der Waals surface area contributed by atoms with E-state index in [0.717, 1.165) is 9.88 Å². The monoisotopic (exact) mass is 169 g/mol. The molecule has 0 aromatic rings. The van der Waals surface area contributed by atoms with Crippen molar-refractivity contribution in [2.24, 2.45) is 0 Å². The summed E-state index contributed by atoms with van der Waals surface area (Å²) in [5, 5.41) is 0. The molecule has 11 heavy (non-hydrogen) atoms. The zero-order chi connectivity index (χ0) is 8.85. The summed E-state index contributed by atoms with van der Waals surface area (Å²) in [6.45, 7) is 8.79. The fraction of sp³-hybridized carbons (Fsp3) is 0.125. The molecule has 0 aliphatic heterocycles. The lowest BCUT2D eigenvalue weighted by atomic mass is 10.3. The van der Waals surface area contributed by atoms with Gasteiger partial charge in [0.2, 0.25) is 0 Å². The first kappa shape index (κ1) is 10.0. The molecule has 0 aliphatic rings. The van der Waals surface area contributed by atoms with E-state index in [9.17, 15) is 4.79 Å². The number of hydrogen-bond donors (Lipinski definition) is 1. The van der Waals surface area contributed by atoms with Gasteiger partial charge in [0, 0.05) is 12.3 Å². The van der Waals surface area contributed by atoms with Gasteiger partial charge in [0.05, 0.1) is 0 Å². The first-order chi connectivity index (χ1) is 5.07. The molecule has 0 N–H and O–H groups in total. The van der Waals surface area contributed by atoms with Gasteiger partial charge in [0.1, 0.15) is 0 Å². The Bertz CT molecular complexity index is 208. The zero-order valence-corrected chi connectivity index (χ0v) is 7.34. The third-order valence-electron chi connectivity index (χ3n) is 0.909. The second-order valence-electron chi connectivity index (χ2n) is 2.05. The number of nitrogens with zero attached hydrogens (tertiary/aromatic N) is 1. The van der Waals surface area contributed by atoms with E-state index in [1.165, 1.54) is 12.3 Å². The maximum atomic E-state index is 10.9. The van der Waals surface area contributed by atoms with Crippen LogP contribution < -0.4 is 0 Å². The van der Waals surface area contributed by atoms with Gasteiger partial charge >= 0.3 is 0 Å². The highest BCUT2D eigenvalue weighted by Gasteiger charge is 1.98. The maximum Gasteiger partial charge on any atom is 0.260 e. The molecule has 0 aromatic heterocycles. The van der Waals surface area contributed by atoms with Gasteiger partial charge in [0.15, 0.2) is 0 Å². The average Bonchev–Trinajstić information content (AvgIpc) is 1.98. The molecule has 0 rings (SSSR count). The van der Waals surface area contributed by atoms with Crippen LogP contribution in [0.3, 0.4) is 0 Å². The van der Waals surface area contributed by atoms with Gasteiger partial charge < -0.3 is 0 Å². The minimum Gasteiger partial charge on any atom is -0.268 e. The molecule has 60 valence electrons. The lowest BCUT2D eigenvalue weighted by Gasteiger charge is -2.04. The SMILES string of the molecule is C=CN(S)C(=O)/C=C\C(=C)C. The van der Waals surface area contributed by atoms with Gasteiger partial charge in [-0.2, -0.15) is 0 Å². The zero-order valence-electron chi connectivity index (χ0n) is 6.45. The largest absolute Gasteiger partial charge is 0.268 e. The molecular formula is C8H11NOS. The van der Waals surface area contributed by atoms with Gasteiger partial charge in [-0.1, -0.05) is 37.6 Å². The van der Waals surface area contributed by atoms with Crippen molar-refractivity contribution in [3.8, 4) is 0 Å². The van der Waals surface area contributed by atoms with E-state index < -0.39 is 0 Å². The van der Waals surface area contributed by atoms with Crippen molar-refractivity contribution in [1.29, 1.82) is 0 Å². The van der Waals surface area contributed by atoms with Crippen molar-refractivity contribution in [2.45, 2.75) is 6.92 Å². The molecule has 0 aliphatic carbocycles. The molecule has 0 heterocycles. The standard InChI is InChI=1S/C8H11NOS/c1-4-9(11)8(10)6-5-7(2)3/h4-6,11H,1-2H2,3H3/b6-5-. The van der Waals surface area contributed by atoms with Crippen molar-refractivity contribution in [1.82, 2.24) is 4.31 Å². The van der Waals surface area contributed by atoms with Crippen LogP contribution in [-0.2, 0) is 4.79 Å². The maximum absolute atomic E-state index is 10.9. The molecule has 1 amide bonds. The van der Waals surface area contributed by atoms with Crippen LogP contribution in [0.2, 0.25) is 0 Å². The highest BCUT2D eigenvalue weighted by molar-refractivity contribution is 7.78. The van der Waals surface area contributed by atoms with Gasteiger partial charge in [0.25, 0.3) is 5.91 Å². The Labute approximate surface area is 72.4 Å². The van der Waals surface area contributed by atoms with E-state index in [1.807, 2.05) is 0 Å². The molecule has 0 fully saturated rings. The summed E-state index contributed by atoms with van der Waals surface area (Å²) in [5.74, 6) is -0.230.